The van der Waals surface area contributed by atoms with Crippen molar-refractivity contribution >= 4 is 33.2 Å². The summed E-state index contributed by atoms with van der Waals surface area (Å²) in [6.07, 6.45) is 0.120. The van der Waals surface area contributed by atoms with Crippen LogP contribution in [0.15, 0.2) is 53.4 Å². The smallest absolute Gasteiger partial charge is 0.242 e. The van der Waals surface area contributed by atoms with E-state index >= 15 is 0 Å². The molecule has 1 heterocycles. The van der Waals surface area contributed by atoms with Crippen LogP contribution in [0, 0.1) is 12.8 Å². The van der Waals surface area contributed by atoms with Gasteiger partial charge in [-0.3, -0.25) is 9.59 Å². The second-order valence-corrected chi connectivity index (χ2v) is 9.20. The van der Waals surface area contributed by atoms with Crippen molar-refractivity contribution in [1.29, 1.82) is 0 Å². The van der Waals surface area contributed by atoms with Crippen LogP contribution in [0.2, 0.25) is 0 Å². The van der Waals surface area contributed by atoms with E-state index in [0.717, 1.165) is 15.6 Å². The summed E-state index contributed by atoms with van der Waals surface area (Å²) in [5.41, 5.74) is 2.25. The maximum Gasteiger partial charge on any atom is 0.242 e. The molecule has 0 spiro atoms. The molecule has 28 heavy (non-hydrogen) atoms. The average molecular weight is 401 g/mol. The number of hydrogen-bond donors (Lipinski definition) is 1. The molecular weight excluding hydrogens is 378 g/mol. The summed E-state index contributed by atoms with van der Waals surface area (Å²) in [5.74, 6) is -0.904. The Hall–Kier alpha value is -2.71. The predicted octanol–water partition coefficient (Wildman–Crippen LogP) is 2.24. The fourth-order valence-electron chi connectivity index (χ4n) is 3.05. The average Bonchev–Trinajstić information content (AvgIpc) is 3.04. The molecule has 2 aromatic carbocycles. The standard InChI is InChI=1S/C20H23N3O4S/c1-14-7-9-17(10-8-14)23-13-15(11-19(23)24)20(25)21-16-5-4-6-18(12-16)28(26,27)22(2)3/h4-10,12,15H,11,13H2,1-3H3,(H,21,25)/t15-/m1/s1. The SMILES string of the molecule is Cc1ccc(N2C[C@H](C(=O)Nc3cccc(S(=O)(=O)N(C)C)c3)CC2=O)cc1. The van der Waals surface area contributed by atoms with Crippen molar-refractivity contribution in [3.05, 3.63) is 54.1 Å². The molecule has 0 saturated carbocycles. The van der Waals surface area contributed by atoms with Gasteiger partial charge in [-0.25, -0.2) is 12.7 Å². The van der Waals surface area contributed by atoms with Gasteiger partial charge < -0.3 is 10.2 Å². The van der Waals surface area contributed by atoms with Gasteiger partial charge in [0, 0.05) is 38.4 Å². The minimum atomic E-state index is -3.59. The van der Waals surface area contributed by atoms with Gasteiger partial charge in [-0.2, -0.15) is 0 Å². The van der Waals surface area contributed by atoms with E-state index in [4.69, 9.17) is 0 Å². The van der Waals surface area contributed by atoms with E-state index in [9.17, 15) is 18.0 Å². The Morgan fingerprint density at radius 1 is 1.14 bits per heavy atom. The number of benzene rings is 2. The van der Waals surface area contributed by atoms with Gasteiger partial charge >= 0.3 is 0 Å². The molecular formula is C20H23N3O4S. The van der Waals surface area contributed by atoms with Gasteiger partial charge in [0.2, 0.25) is 21.8 Å². The Morgan fingerprint density at radius 3 is 2.46 bits per heavy atom. The zero-order valence-electron chi connectivity index (χ0n) is 16.0. The number of carbonyl (C=O) groups excluding carboxylic acids is 2. The molecule has 0 aliphatic carbocycles. The van der Waals surface area contributed by atoms with Gasteiger partial charge in [-0.05, 0) is 37.3 Å². The molecule has 2 aromatic rings. The van der Waals surface area contributed by atoms with Crippen LogP contribution in [0.1, 0.15) is 12.0 Å². The van der Waals surface area contributed by atoms with Gasteiger partial charge in [-0.15, -0.1) is 0 Å². The number of anilines is 2. The topological polar surface area (TPSA) is 86.8 Å². The first kappa shape index (κ1) is 20.0. The Morgan fingerprint density at radius 2 is 1.82 bits per heavy atom. The fraction of sp³-hybridized carbons (Fsp3) is 0.300. The molecule has 1 fully saturated rings. The summed E-state index contributed by atoms with van der Waals surface area (Å²) >= 11 is 0. The fourth-order valence-corrected chi connectivity index (χ4v) is 3.99. The number of amides is 2. The van der Waals surface area contributed by atoms with Gasteiger partial charge in [-0.1, -0.05) is 23.8 Å². The zero-order valence-corrected chi connectivity index (χ0v) is 16.9. The maximum absolute atomic E-state index is 12.6. The largest absolute Gasteiger partial charge is 0.326 e. The van der Waals surface area contributed by atoms with E-state index in [-0.39, 0.29) is 23.1 Å². The molecule has 0 bridgehead atoms. The van der Waals surface area contributed by atoms with Crippen LogP contribution in [0.25, 0.3) is 0 Å². The van der Waals surface area contributed by atoms with Gasteiger partial charge in [0.15, 0.2) is 0 Å². The summed E-state index contributed by atoms with van der Waals surface area (Å²) in [6, 6.07) is 13.7. The van der Waals surface area contributed by atoms with Crippen molar-refractivity contribution in [3.63, 3.8) is 0 Å². The van der Waals surface area contributed by atoms with Crippen molar-refractivity contribution in [2.75, 3.05) is 30.9 Å². The Kier molecular flexibility index (Phi) is 5.53. The van der Waals surface area contributed by atoms with E-state index in [2.05, 4.69) is 5.32 Å². The van der Waals surface area contributed by atoms with Crippen LogP contribution in [-0.2, 0) is 19.6 Å². The third kappa shape index (κ3) is 4.07. The third-order valence-corrected chi connectivity index (χ3v) is 6.53. The summed E-state index contributed by atoms with van der Waals surface area (Å²) in [7, 11) is -0.694. The number of sulfonamides is 1. The van der Waals surface area contributed by atoms with Gasteiger partial charge in [0.25, 0.3) is 0 Å². The van der Waals surface area contributed by atoms with Crippen molar-refractivity contribution < 1.29 is 18.0 Å². The molecule has 148 valence electrons. The number of hydrogen-bond acceptors (Lipinski definition) is 4. The summed E-state index contributed by atoms with van der Waals surface area (Å²) < 4.78 is 25.6. The Bertz CT molecular complexity index is 1000. The lowest BCUT2D eigenvalue weighted by Gasteiger charge is -2.17. The molecule has 1 N–H and O–H groups in total. The lowest BCUT2D eigenvalue weighted by molar-refractivity contribution is -0.122. The minimum absolute atomic E-state index is 0.0964. The van der Waals surface area contributed by atoms with Crippen molar-refractivity contribution in [2.24, 2.45) is 5.92 Å². The van der Waals surface area contributed by atoms with Crippen LogP contribution >= 0.6 is 0 Å². The van der Waals surface area contributed by atoms with Crippen molar-refractivity contribution in [1.82, 2.24) is 4.31 Å². The van der Waals surface area contributed by atoms with Crippen LogP contribution in [0.5, 0.6) is 0 Å². The number of carbonyl (C=O) groups is 2. The highest BCUT2D eigenvalue weighted by Crippen LogP contribution is 2.27. The molecule has 1 saturated heterocycles. The number of aryl methyl sites for hydroxylation is 1. The predicted molar refractivity (Wildman–Crippen MR) is 108 cm³/mol. The van der Waals surface area contributed by atoms with Gasteiger partial charge in [0.1, 0.15) is 0 Å². The number of rotatable bonds is 5. The van der Waals surface area contributed by atoms with E-state index in [1.165, 1.54) is 26.2 Å². The van der Waals surface area contributed by atoms with Crippen LogP contribution in [0.3, 0.4) is 0 Å². The maximum atomic E-state index is 12.6. The third-order valence-electron chi connectivity index (χ3n) is 4.72. The first-order chi connectivity index (χ1) is 13.2. The Labute approximate surface area is 165 Å². The van der Waals surface area contributed by atoms with E-state index < -0.39 is 15.9 Å². The van der Waals surface area contributed by atoms with E-state index in [0.29, 0.717) is 12.2 Å². The molecule has 0 aromatic heterocycles. The molecule has 1 aliphatic heterocycles. The molecule has 0 radical (unpaired) electrons. The normalized spacial score (nSPS) is 17.2. The molecule has 2 amide bonds. The lowest BCUT2D eigenvalue weighted by Crippen LogP contribution is -2.28. The highest BCUT2D eigenvalue weighted by molar-refractivity contribution is 7.89. The molecule has 3 rings (SSSR count). The quantitative estimate of drug-likeness (QED) is 0.832. The second kappa shape index (κ2) is 7.73. The van der Waals surface area contributed by atoms with Crippen molar-refractivity contribution in [2.45, 2.75) is 18.2 Å². The summed E-state index contributed by atoms with van der Waals surface area (Å²) in [5, 5.41) is 2.74. The summed E-state index contributed by atoms with van der Waals surface area (Å²) in [4.78, 5) is 26.7. The second-order valence-electron chi connectivity index (χ2n) is 7.05. The summed E-state index contributed by atoms with van der Waals surface area (Å²) in [6.45, 7) is 2.26. The Balaban J connectivity index is 1.72. The molecule has 1 atom stereocenters. The van der Waals surface area contributed by atoms with Crippen LogP contribution in [0.4, 0.5) is 11.4 Å². The molecule has 0 unspecified atom stereocenters. The highest BCUT2D eigenvalue weighted by atomic mass is 32.2. The van der Waals surface area contributed by atoms with Gasteiger partial charge in [0.05, 0.1) is 10.8 Å². The van der Waals surface area contributed by atoms with Crippen molar-refractivity contribution in [3.8, 4) is 0 Å². The van der Waals surface area contributed by atoms with E-state index in [1.54, 1.807) is 17.0 Å². The first-order valence-electron chi connectivity index (χ1n) is 8.89. The first-order valence-corrected chi connectivity index (χ1v) is 10.3. The molecule has 1 aliphatic rings. The molecule has 7 nitrogen and oxygen atoms in total. The monoisotopic (exact) mass is 401 g/mol. The minimum Gasteiger partial charge on any atom is -0.326 e. The number of nitrogens with one attached hydrogen (secondary N) is 1. The van der Waals surface area contributed by atoms with Crippen LogP contribution in [-0.4, -0.2) is 45.2 Å². The highest BCUT2D eigenvalue weighted by Gasteiger charge is 2.35. The van der Waals surface area contributed by atoms with E-state index in [1.807, 2.05) is 31.2 Å². The lowest BCUT2D eigenvalue weighted by atomic mass is 10.1. The zero-order chi connectivity index (χ0) is 20.5. The molecule has 8 heteroatoms. The van der Waals surface area contributed by atoms with Crippen LogP contribution < -0.4 is 10.2 Å². The number of nitrogens with zero attached hydrogens (tertiary/aromatic N) is 2.